The van der Waals surface area contributed by atoms with Gasteiger partial charge < -0.3 is 27.9 Å². The van der Waals surface area contributed by atoms with Gasteiger partial charge in [0.2, 0.25) is 0 Å². The molecule has 4 N–H and O–H groups in total. The second-order valence-corrected chi connectivity index (χ2v) is 1.59. The summed E-state index contributed by atoms with van der Waals surface area (Å²) in [4.78, 5) is 9.45. The molecule has 0 aliphatic heterocycles. The Morgan fingerprint density at radius 3 is 1.60 bits per heavy atom. The highest BCUT2D eigenvalue weighted by atomic mass is 35.5. The van der Waals surface area contributed by atoms with Crippen LogP contribution in [-0.4, -0.2) is 36.4 Å². The van der Waals surface area contributed by atoms with Crippen molar-refractivity contribution >= 4 is 5.97 Å². The molecule has 5 heteroatoms. The Bertz CT molecular complexity index is 77.3. The summed E-state index contributed by atoms with van der Waals surface area (Å²) in [6, 6.07) is 0. The van der Waals surface area contributed by atoms with Gasteiger partial charge >= 0.3 is 5.97 Å². The Morgan fingerprint density at radius 2 is 1.60 bits per heavy atom. The van der Waals surface area contributed by atoms with Crippen molar-refractivity contribution in [3.05, 3.63) is 0 Å². The van der Waals surface area contributed by atoms with Gasteiger partial charge in [-0.1, -0.05) is 0 Å². The summed E-state index contributed by atoms with van der Waals surface area (Å²) in [6.45, 7) is 1.20. The molecule has 0 heterocycles. The SMILES string of the molecule is CC(O)C(=O)O.C[NH2+]C.[Cl-]. The molecular weight excluding hydrogens is 158 g/mol. The van der Waals surface area contributed by atoms with E-state index in [1.54, 1.807) is 0 Å². The lowest BCUT2D eigenvalue weighted by molar-refractivity contribution is -0.597. The maximum atomic E-state index is 9.45. The summed E-state index contributed by atoms with van der Waals surface area (Å²) in [5.74, 6) is -1.19. The Labute approximate surface area is 66.7 Å². The summed E-state index contributed by atoms with van der Waals surface area (Å²) in [6.07, 6.45) is -1.23. The summed E-state index contributed by atoms with van der Waals surface area (Å²) in [5, 5.41) is 17.8. The topological polar surface area (TPSA) is 74.1 Å². The van der Waals surface area contributed by atoms with Crippen LogP contribution in [0.3, 0.4) is 0 Å². The predicted molar refractivity (Wildman–Crippen MR) is 33.1 cm³/mol. The predicted octanol–water partition coefficient (Wildman–Crippen LogP) is -4.73. The standard InChI is InChI=1S/C3H6O3.C2H7N.ClH/c1-2(4)3(5)6;1-3-2;/h2,4H,1H3,(H,5,6);3H,1-2H3;1H. The number of aliphatic hydroxyl groups is 1. The fourth-order valence-electron chi connectivity index (χ4n) is 0. The van der Waals surface area contributed by atoms with Gasteiger partial charge in [0, 0.05) is 0 Å². The molecule has 0 bridgehead atoms. The lowest BCUT2D eigenvalue weighted by atomic mass is 10.4. The van der Waals surface area contributed by atoms with Gasteiger partial charge in [-0.15, -0.1) is 0 Å². The zero-order valence-corrected chi connectivity index (χ0v) is 7.09. The van der Waals surface area contributed by atoms with E-state index in [4.69, 9.17) is 10.2 Å². The molecule has 0 spiro atoms. The van der Waals surface area contributed by atoms with Gasteiger partial charge in [-0.2, -0.15) is 0 Å². The van der Waals surface area contributed by atoms with Crippen LogP contribution in [0.2, 0.25) is 0 Å². The zero-order valence-electron chi connectivity index (χ0n) is 6.34. The van der Waals surface area contributed by atoms with Crippen molar-refractivity contribution in [1.82, 2.24) is 0 Å². The minimum absolute atomic E-state index is 0. The minimum Gasteiger partial charge on any atom is -1.00 e. The quantitative estimate of drug-likeness (QED) is 0.371. The van der Waals surface area contributed by atoms with Crippen LogP contribution >= 0.6 is 0 Å². The largest absolute Gasteiger partial charge is 1.00 e. The van der Waals surface area contributed by atoms with E-state index < -0.39 is 12.1 Å². The summed E-state index contributed by atoms with van der Waals surface area (Å²) in [5.41, 5.74) is 0. The van der Waals surface area contributed by atoms with Crippen LogP contribution in [0.25, 0.3) is 0 Å². The number of quaternary nitrogens is 1. The second kappa shape index (κ2) is 11.5. The number of carbonyl (C=O) groups is 1. The molecule has 0 fully saturated rings. The molecule has 0 aromatic carbocycles. The highest BCUT2D eigenvalue weighted by Gasteiger charge is 2.01. The molecule has 0 aromatic heterocycles. The number of carboxylic acids is 1. The van der Waals surface area contributed by atoms with Gasteiger partial charge in [-0.3, -0.25) is 0 Å². The van der Waals surface area contributed by atoms with Gasteiger partial charge in [0.05, 0.1) is 14.1 Å². The first-order valence-electron chi connectivity index (χ1n) is 2.71. The van der Waals surface area contributed by atoms with Crippen molar-refractivity contribution in [2.45, 2.75) is 13.0 Å². The summed E-state index contributed by atoms with van der Waals surface area (Å²) in [7, 11) is 4.00. The van der Waals surface area contributed by atoms with Crippen LogP contribution in [0.15, 0.2) is 0 Å². The number of hydrogen-bond acceptors (Lipinski definition) is 2. The van der Waals surface area contributed by atoms with Crippen molar-refractivity contribution in [3.63, 3.8) is 0 Å². The molecule has 4 nitrogen and oxygen atoms in total. The first kappa shape index (κ1) is 16.3. The van der Waals surface area contributed by atoms with Gasteiger partial charge in [0.25, 0.3) is 0 Å². The molecule has 0 aliphatic rings. The van der Waals surface area contributed by atoms with E-state index in [1.165, 1.54) is 6.92 Å². The number of carboxylic acid groups (broad SMARTS) is 1. The molecular formula is C5H14ClNO3. The lowest BCUT2D eigenvalue weighted by Crippen LogP contribution is -3.00. The molecule has 0 amide bonds. The Balaban J connectivity index is -0.000000107. The smallest absolute Gasteiger partial charge is 0.332 e. The van der Waals surface area contributed by atoms with Crippen molar-refractivity contribution in [3.8, 4) is 0 Å². The van der Waals surface area contributed by atoms with E-state index in [0.29, 0.717) is 0 Å². The van der Waals surface area contributed by atoms with Gasteiger partial charge in [-0.05, 0) is 6.92 Å². The van der Waals surface area contributed by atoms with Crippen LogP contribution in [0.1, 0.15) is 6.92 Å². The average molecular weight is 172 g/mol. The van der Waals surface area contributed by atoms with E-state index in [2.05, 4.69) is 0 Å². The van der Waals surface area contributed by atoms with E-state index in [-0.39, 0.29) is 12.4 Å². The highest BCUT2D eigenvalue weighted by Crippen LogP contribution is 1.73. The highest BCUT2D eigenvalue weighted by molar-refractivity contribution is 5.71. The molecule has 0 saturated heterocycles. The number of rotatable bonds is 1. The molecule has 1 unspecified atom stereocenters. The number of hydrogen-bond donors (Lipinski definition) is 3. The van der Waals surface area contributed by atoms with Gasteiger partial charge in [-0.25, -0.2) is 4.79 Å². The minimum atomic E-state index is -1.23. The number of halogens is 1. The van der Waals surface area contributed by atoms with Crippen LogP contribution in [0.4, 0.5) is 0 Å². The van der Waals surface area contributed by atoms with Crippen LogP contribution in [0, 0.1) is 0 Å². The lowest BCUT2D eigenvalue weighted by Gasteiger charge is -1.89. The molecule has 0 saturated carbocycles. The first-order valence-corrected chi connectivity index (χ1v) is 2.71. The molecule has 0 aliphatic carbocycles. The Morgan fingerprint density at radius 1 is 1.50 bits per heavy atom. The number of nitrogens with two attached hydrogens (primary N) is 1. The third-order valence-corrected chi connectivity index (χ3v) is 0.357. The van der Waals surface area contributed by atoms with Crippen molar-refractivity contribution in [2.24, 2.45) is 0 Å². The van der Waals surface area contributed by atoms with Crippen LogP contribution < -0.4 is 17.7 Å². The fourth-order valence-corrected chi connectivity index (χ4v) is 0. The second-order valence-electron chi connectivity index (χ2n) is 1.59. The molecule has 64 valence electrons. The molecule has 1 atom stereocenters. The Kier molecular flexibility index (Phi) is 18.8. The van der Waals surface area contributed by atoms with E-state index in [1.807, 2.05) is 19.4 Å². The van der Waals surface area contributed by atoms with Crippen LogP contribution in [0.5, 0.6) is 0 Å². The Hall–Kier alpha value is -0.320. The summed E-state index contributed by atoms with van der Waals surface area (Å²) >= 11 is 0. The van der Waals surface area contributed by atoms with Crippen molar-refractivity contribution < 1.29 is 32.7 Å². The number of aliphatic carboxylic acids is 1. The third kappa shape index (κ3) is 25.3. The molecule has 0 radical (unpaired) electrons. The normalized spacial score (nSPS) is 10.0. The zero-order chi connectivity index (χ0) is 7.86. The molecule has 10 heavy (non-hydrogen) atoms. The van der Waals surface area contributed by atoms with E-state index in [0.717, 1.165) is 0 Å². The fraction of sp³-hybridized carbons (Fsp3) is 0.800. The molecule has 0 rings (SSSR count). The number of aliphatic hydroxyl groups excluding tert-OH is 1. The van der Waals surface area contributed by atoms with Crippen LogP contribution in [-0.2, 0) is 4.79 Å². The molecule has 0 aromatic rings. The van der Waals surface area contributed by atoms with E-state index in [9.17, 15) is 4.79 Å². The van der Waals surface area contributed by atoms with Crippen molar-refractivity contribution in [2.75, 3.05) is 14.1 Å². The first-order chi connectivity index (χ1) is 4.06. The monoisotopic (exact) mass is 171 g/mol. The van der Waals surface area contributed by atoms with Gasteiger partial charge in [0.15, 0.2) is 0 Å². The van der Waals surface area contributed by atoms with E-state index >= 15 is 0 Å². The van der Waals surface area contributed by atoms with Crippen molar-refractivity contribution in [1.29, 1.82) is 0 Å². The van der Waals surface area contributed by atoms with Gasteiger partial charge in [0.1, 0.15) is 6.10 Å². The summed E-state index contributed by atoms with van der Waals surface area (Å²) < 4.78 is 0. The third-order valence-electron chi connectivity index (χ3n) is 0.357. The maximum absolute atomic E-state index is 9.45. The average Bonchev–Trinajstić information content (AvgIpc) is 1.68. The maximum Gasteiger partial charge on any atom is 0.332 e.